The lowest BCUT2D eigenvalue weighted by molar-refractivity contribution is -0.134. The molecule has 0 aliphatic heterocycles. The topological polar surface area (TPSA) is 52.6 Å². The van der Waals surface area contributed by atoms with E-state index in [1.54, 1.807) is 24.3 Å². The number of unbranched alkanes of at least 4 members (excludes halogenated alkanes) is 1. The average molecular weight is 423 g/mol. The van der Waals surface area contributed by atoms with Crippen molar-refractivity contribution in [1.82, 2.24) is 0 Å². The van der Waals surface area contributed by atoms with Gasteiger partial charge in [-0.3, -0.25) is 4.79 Å². The first kappa shape index (κ1) is 23.1. The highest BCUT2D eigenvalue weighted by Gasteiger charge is 2.22. The largest absolute Gasteiger partial charge is 0.427 e. The summed E-state index contributed by atoms with van der Waals surface area (Å²) in [6.45, 7) is 4.30. The second-order valence-corrected chi connectivity index (χ2v) is 8.57. The fourth-order valence-corrected chi connectivity index (χ4v) is 4.33. The SMILES string of the molecule is CCCCC(=O)Oc1ccc(OC(=O)c2ccc(C3CCC(CCC)CC3)cc2)cc1. The van der Waals surface area contributed by atoms with Crippen molar-refractivity contribution in [3.63, 3.8) is 0 Å². The molecular weight excluding hydrogens is 388 g/mol. The fraction of sp³-hybridized carbons (Fsp3) is 0.481. The van der Waals surface area contributed by atoms with Crippen LogP contribution in [0, 0.1) is 5.92 Å². The molecule has 0 saturated heterocycles. The van der Waals surface area contributed by atoms with Crippen LogP contribution in [0.2, 0.25) is 0 Å². The van der Waals surface area contributed by atoms with Crippen LogP contribution in [0.3, 0.4) is 0 Å². The zero-order chi connectivity index (χ0) is 22.1. The zero-order valence-corrected chi connectivity index (χ0v) is 18.8. The van der Waals surface area contributed by atoms with Crippen LogP contribution in [0.5, 0.6) is 11.5 Å². The predicted octanol–water partition coefficient (Wildman–Crippen LogP) is 7.08. The molecular formula is C27H34O4. The minimum absolute atomic E-state index is 0.245. The molecule has 2 aromatic carbocycles. The van der Waals surface area contributed by atoms with Gasteiger partial charge >= 0.3 is 11.9 Å². The molecule has 1 saturated carbocycles. The first-order chi connectivity index (χ1) is 15.1. The number of benzene rings is 2. The number of carbonyl (C=O) groups excluding carboxylic acids is 2. The monoisotopic (exact) mass is 422 g/mol. The van der Waals surface area contributed by atoms with Crippen molar-refractivity contribution in [2.24, 2.45) is 5.92 Å². The summed E-state index contributed by atoms with van der Waals surface area (Å²) in [4.78, 5) is 24.2. The van der Waals surface area contributed by atoms with Gasteiger partial charge in [0.05, 0.1) is 5.56 Å². The molecule has 0 bridgehead atoms. The summed E-state index contributed by atoms with van der Waals surface area (Å²) in [5, 5.41) is 0. The first-order valence-corrected chi connectivity index (χ1v) is 11.7. The van der Waals surface area contributed by atoms with Gasteiger partial charge < -0.3 is 9.47 Å². The Labute approximate surface area is 186 Å². The van der Waals surface area contributed by atoms with Crippen molar-refractivity contribution in [3.05, 3.63) is 59.7 Å². The van der Waals surface area contributed by atoms with Crippen LogP contribution in [0.25, 0.3) is 0 Å². The molecule has 166 valence electrons. The molecule has 31 heavy (non-hydrogen) atoms. The van der Waals surface area contributed by atoms with Crippen molar-refractivity contribution >= 4 is 11.9 Å². The van der Waals surface area contributed by atoms with Gasteiger partial charge in [-0.2, -0.15) is 0 Å². The van der Waals surface area contributed by atoms with Crippen molar-refractivity contribution in [3.8, 4) is 11.5 Å². The molecule has 1 aliphatic rings. The average Bonchev–Trinajstić information content (AvgIpc) is 2.80. The maximum absolute atomic E-state index is 12.5. The smallest absolute Gasteiger partial charge is 0.343 e. The van der Waals surface area contributed by atoms with Crippen LogP contribution >= 0.6 is 0 Å². The molecule has 0 spiro atoms. The Kier molecular flexibility index (Phi) is 8.69. The van der Waals surface area contributed by atoms with E-state index in [1.807, 2.05) is 19.1 Å². The van der Waals surface area contributed by atoms with Crippen LogP contribution in [-0.2, 0) is 4.79 Å². The Morgan fingerprint density at radius 2 is 1.42 bits per heavy atom. The van der Waals surface area contributed by atoms with Gasteiger partial charge in [0.1, 0.15) is 11.5 Å². The molecule has 0 amide bonds. The van der Waals surface area contributed by atoms with Gasteiger partial charge in [0.25, 0.3) is 0 Å². The second-order valence-electron chi connectivity index (χ2n) is 8.57. The van der Waals surface area contributed by atoms with Gasteiger partial charge in [-0.1, -0.05) is 45.2 Å². The summed E-state index contributed by atoms with van der Waals surface area (Å²) in [5.41, 5.74) is 1.86. The molecule has 2 aromatic rings. The van der Waals surface area contributed by atoms with Crippen LogP contribution < -0.4 is 9.47 Å². The Morgan fingerprint density at radius 1 is 0.806 bits per heavy atom. The summed E-state index contributed by atoms with van der Waals surface area (Å²) in [5.74, 6) is 1.75. The van der Waals surface area contributed by atoms with Crippen LogP contribution in [-0.4, -0.2) is 11.9 Å². The standard InChI is InChI=1S/C27H34O4/c1-3-5-7-26(28)30-24-16-18-25(19-17-24)31-27(29)23-14-12-22(13-15-23)21-10-8-20(6-4-2)9-11-21/h12-21H,3-11H2,1-2H3. The molecule has 0 N–H and O–H groups in total. The Morgan fingerprint density at radius 3 is 2.00 bits per heavy atom. The minimum atomic E-state index is -0.383. The molecule has 4 heteroatoms. The van der Waals surface area contributed by atoms with Gasteiger partial charge in [0, 0.05) is 6.42 Å². The number of hydrogen-bond donors (Lipinski definition) is 0. The van der Waals surface area contributed by atoms with E-state index >= 15 is 0 Å². The van der Waals surface area contributed by atoms with Crippen molar-refractivity contribution in [1.29, 1.82) is 0 Å². The third-order valence-electron chi connectivity index (χ3n) is 6.16. The number of hydrogen-bond acceptors (Lipinski definition) is 4. The fourth-order valence-electron chi connectivity index (χ4n) is 4.33. The summed E-state index contributed by atoms with van der Waals surface area (Å²) >= 11 is 0. The number of carbonyl (C=O) groups is 2. The quantitative estimate of drug-likeness (QED) is 0.320. The molecule has 1 aliphatic carbocycles. The number of rotatable bonds is 9. The third kappa shape index (κ3) is 6.95. The van der Waals surface area contributed by atoms with Crippen molar-refractivity contribution in [2.45, 2.75) is 77.6 Å². The van der Waals surface area contributed by atoms with Crippen molar-refractivity contribution < 1.29 is 19.1 Å². The number of esters is 2. The van der Waals surface area contributed by atoms with Crippen LogP contribution in [0.15, 0.2) is 48.5 Å². The van der Waals surface area contributed by atoms with E-state index in [2.05, 4.69) is 19.1 Å². The van der Waals surface area contributed by atoms with E-state index in [9.17, 15) is 9.59 Å². The Bertz CT molecular complexity index is 831. The highest BCUT2D eigenvalue weighted by molar-refractivity contribution is 5.91. The zero-order valence-electron chi connectivity index (χ0n) is 18.8. The maximum Gasteiger partial charge on any atom is 0.343 e. The van der Waals surface area contributed by atoms with E-state index in [0.717, 1.165) is 18.8 Å². The lowest BCUT2D eigenvalue weighted by atomic mass is 9.77. The van der Waals surface area contributed by atoms with E-state index in [0.29, 0.717) is 29.4 Å². The molecule has 0 atom stereocenters. The molecule has 0 radical (unpaired) electrons. The van der Waals surface area contributed by atoms with E-state index in [4.69, 9.17) is 9.47 Å². The maximum atomic E-state index is 12.5. The molecule has 1 fully saturated rings. The van der Waals surface area contributed by atoms with Crippen LogP contribution in [0.1, 0.15) is 93.5 Å². The van der Waals surface area contributed by atoms with Crippen molar-refractivity contribution in [2.75, 3.05) is 0 Å². The molecule has 0 heterocycles. The second kappa shape index (κ2) is 11.7. The molecule has 0 aromatic heterocycles. The van der Waals surface area contributed by atoms with Gasteiger partial charge in [-0.25, -0.2) is 4.79 Å². The molecule has 3 rings (SSSR count). The minimum Gasteiger partial charge on any atom is -0.427 e. The van der Waals surface area contributed by atoms with Crippen LogP contribution in [0.4, 0.5) is 0 Å². The summed E-state index contributed by atoms with van der Waals surface area (Å²) < 4.78 is 10.7. The number of ether oxygens (including phenoxy) is 2. The van der Waals surface area contributed by atoms with Gasteiger partial charge in [-0.05, 0) is 85.9 Å². The van der Waals surface area contributed by atoms with E-state index < -0.39 is 0 Å². The highest BCUT2D eigenvalue weighted by Crippen LogP contribution is 2.37. The third-order valence-corrected chi connectivity index (χ3v) is 6.16. The lowest BCUT2D eigenvalue weighted by Crippen LogP contribution is -2.13. The van der Waals surface area contributed by atoms with Gasteiger partial charge in [0.15, 0.2) is 0 Å². The highest BCUT2D eigenvalue weighted by atomic mass is 16.5. The Balaban J connectivity index is 1.51. The van der Waals surface area contributed by atoms with E-state index in [-0.39, 0.29) is 11.9 Å². The molecule has 0 unspecified atom stereocenters. The summed E-state index contributed by atoms with van der Waals surface area (Å²) in [7, 11) is 0. The Hall–Kier alpha value is -2.62. The first-order valence-electron chi connectivity index (χ1n) is 11.7. The summed E-state index contributed by atoms with van der Waals surface area (Å²) in [6.07, 6.45) is 9.90. The predicted molar refractivity (Wildman–Crippen MR) is 123 cm³/mol. The summed E-state index contributed by atoms with van der Waals surface area (Å²) in [6, 6.07) is 14.4. The normalized spacial score (nSPS) is 18.4. The van der Waals surface area contributed by atoms with Gasteiger partial charge in [-0.15, -0.1) is 0 Å². The lowest BCUT2D eigenvalue weighted by Gasteiger charge is -2.28. The molecule has 4 nitrogen and oxygen atoms in total. The van der Waals surface area contributed by atoms with E-state index in [1.165, 1.54) is 44.1 Å². The van der Waals surface area contributed by atoms with Gasteiger partial charge in [0.2, 0.25) is 0 Å².